The molecule has 2 amide bonds. The topological polar surface area (TPSA) is 73.5 Å². The van der Waals surface area contributed by atoms with Crippen LogP contribution in [0.4, 0.5) is 0 Å². The molecule has 25 heavy (non-hydrogen) atoms. The third-order valence-electron chi connectivity index (χ3n) is 4.67. The summed E-state index contributed by atoms with van der Waals surface area (Å²) in [5, 5.41) is 9.06. The van der Waals surface area contributed by atoms with Crippen LogP contribution >= 0.6 is 24.8 Å². The van der Waals surface area contributed by atoms with Crippen molar-refractivity contribution in [2.75, 3.05) is 26.7 Å². The minimum Gasteiger partial charge on any atom is -0.358 e. The number of rotatable bonds is 4. The highest BCUT2D eigenvalue weighted by Gasteiger charge is 2.22. The van der Waals surface area contributed by atoms with E-state index in [0.29, 0.717) is 6.54 Å². The van der Waals surface area contributed by atoms with Crippen molar-refractivity contribution in [3.63, 3.8) is 0 Å². The third-order valence-corrected chi connectivity index (χ3v) is 4.67. The molecule has 1 aromatic rings. The van der Waals surface area contributed by atoms with Crippen LogP contribution in [-0.2, 0) is 17.9 Å². The van der Waals surface area contributed by atoms with Crippen LogP contribution in [0, 0.1) is 0 Å². The summed E-state index contributed by atoms with van der Waals surface area (Å²) in [6, 6.07) is 6.12. The quantitative estimate of drug-likeness (QED) is 0.721. The first kappa shape index (κ1) is 21.7. The average Bonchev–Trinajstić information content (AvgIpc) is 3.04. The van der Waals surface area contributed by atoms with Gasteiger partial charge in [0.05, 0.1) is 6.54 Å². The Hall–Kier alpha value is -1.34. The van der Waals surface area contributed by atoms with E-state index in [4.69, 9.17) is 0 Å². The van der Waals surface area contributed by atoms with Gasteiger partial charge in [0.1, 0.15) is 0 Å². The van der Waals surface area contributed by atoms with E-state index in [0.717, 1.165) is 44.6 Å². The SMILES string of the molecule is CNC(=O)CN1CCC(NC(=O)c2ccc3c(c2)CNC3)CC1.Cl.Cl. The summed E-state index contributed by atoms with van der Waals surface area (Å²) in [5.74, 6) is 0.0451. The number of carbonyl (C=O) groups is 2. The second kappa shape index (κ2) is 9.97. The van der Waals surface area contributed by atoms with Crippen LogP contribution in [0.15, 0.2) is 18.2 Å². The summed E-state index contributed by atoms with van der Waals surface area (Å²) in [6.07, 6.45) is 1.77. The first-order valence-electron chi connectivity index (χ1n) is 8.22. The van der Waals surface area contributed by atoms with Gasteiger partial charge in [-0.15, -0.1) is 24.8 Å². The Morgan fingerprint density at radius 1 is 1.16 bits per heavy atom. The van der Waals surface area contributed by atoms with Gasteiger partial charge in [-0.3, -0.25) is 14.5 Å². The Labute approximate surface area is 160 Å². The van der Waals surface area contributed by atoms with Crippen molar-refractivity contribution in [2.45, 2.75) is 32.0 Å². The average molecular weight is 389 g/mol. The van der Waals surface area contributed by atoms with Crippen LogP contribution < -0.4 is 16.0 Å². The highest BCUT2D eigenvalue weighted by atomic mass is 35.5. The zero-order chi connectivity index (χ0) is 16.2. The van der Waals surface area contributed by atoms with Crippen molar-refractivity contribution in [1.82, 2.24) is 20.9 Å². The molecule has 2 heterocycles. The summed E-state index contributed by atoms with van der Waals surface area (Å²) in [4.78, 5) is 25.9. The van der Waals surface area contributed by atoms with Gasteiger partial charge in [-0.05, 0) is 36.1 Å². The van der Waals surface area contributed by atoms with Crippen molar-refractivity contribution in [3.8, 4) is 0 Å². The molecular weight excluding hydrogens is 363 g/mol. The maximum atomic E-state index is 12.4. The highest BCUT2D eigenvalue weighted by molar-refractivity contribution is 5.94. The summed E-state index contributed by atoms with van der Waals surface area (Å²) in [6.45, 7) is 3.85. The molecular formula is C17H26Cl2N4O2. The lowest BCUT2D eigenvalue weighted by molar-refractivity contribution is -0.122. The van der Waals surface area contributed by atoms with Crippen molar-refractivity contribution in [3.05, 3.63) is 34.9 Å². The van der Waals surface area contributed by atoms with E-state index in [1.54, 1.807) is 7.05 Å². The lowest BCUT2D eigenvalue weighted by Gasteiger charge is -2.31. The highest BCUT2D eigenvalue weighted by Crippen LogP contribution is 2.18. The normalized spacial score (nSPS) is 17.0. The van der Waals surface area contributed by atoms with Crippen molar-refractivity contribution >= 4 is 36.6 Å². The minimum atomic E-state index is 0. The number of hydrogen-bond donors (Lipinski definition) is 3. The number of nitrogens with zero attached hydrogens (tertiary/aromatic N) is 1. The van der Waals surface area contributed by atoms with Crippen molar-refractivity contribution in [1.29, 1.82) is 0 Å². The molecule has 140 valence electrons. The second-order valence-corrected chi connectivity index (χ2v) is 6.28. The summed E-state index contributed by atoms with van der Waals surface area (Å²) in [5.41, 5.74) is 3.24. The number of amides is 2. The van der Waals surface area contributed by atoms with Crippen LogP contribution in [0.25, 0.3) is 0 Å². The molecule has 2 aliphatic heterocycles. The van der Waals surface area contributed by atoms with E-state index in [1.807, 2.05) is 18.2 Å². The molecule has 0 aromatic heterocycles. The van der Waals surface area contributed by atoms with Gasteiger partial charge >= 0.3 is 0 Å². The van der Waals surface area contributed by atoms with Crippen LogP contribution in [0.3, 0.4) is 0 Å². The first-order valence-corrected chi connectivity index (χ1v) is 8.22. The Balaban J connectivity index is 0.00000156. The molecule has 0 atom stereocenters. The number of piperidine rings is 1. The van der Waals surface area contributed by atoms with Gasteiger partial charge < -0.3 is 16.0 Å². The zero-order valence-electron chi connectivity index (χ0n) is 14.3. The molecule has 3 rings (SSSR count). The van der Waals surface area contributed by atoms with Crippen LogP contribution in [0.2, 0.25) is 0 Å². The number of nitrogens with one attached hydrogen (secondary N) is 3. The van der Waals surface area contributed by atoms with Gasteiger partial charge in [-0.25, -0.2) is 0 Å². The molecule has 0 aliphatic carbocycles. The summed E-state index contributed by atoms with van der Waals surface area (Å²) >= 11 is 0. The Bertz CT molecular complexity index is 604. The maximum absolute atomic E-state index is 12.4. The number of likely N-dealkylation sites (N-methyl/N-ethyl adjacent to an activating group) is 1. The Morgan fingerprint density at radius 2 is 1.84 bits per heavy atom. The first-order chi connectivity index (χ1) is 11.2. The molecule has 3 N–H and O–H groups in total. The van der Waals surface area contributed by atoms with Gasteiger partial charge in [0.25, 0.3) is 5.91 Å². The predicted octanol–water partition coefficient (Wildman–Crippen LogP) is 1.07. The van der Waals surface area contributed by atoms with Gasteiger partial charge in [0.2, 0.25) is 5.91 Å². The zero-order valence-corrected chi connectivity index (χ0v) is 16.0. The molecule has 1 fully saturated rings. The van der Waals surface area contributed by atoms with Crippen molar-refractivity contribution < 1.29 is 9.59 Å². The Morgan fingerprint density at radius 3 is 2.52 bits per heavy atom. The van der Waals surface area contributed by atoms with Crippen LogP contribution in [0.5, 0.6) is 0 Å². The fraction of sp³-hybridized carbons (Fsp3) is 0.529. The molecule has 8 heteroatoms. The molecule has 1 aromatic carbocycles. The monoisotopic (exact) mass is 388 g/mol. The number of halogens is 2. The molecule has 0 spiro atoms. The number of benzene rings is 1. The fourth-order valence-corrected chi connectivity index (χ4v) is 3.22. The molecule has 0 bridgehead atoms. The van der Waals surface area contributed by atoms with Gasteiger partial charge in [-0.1, -0.05) is 6.07 Å². The Kier molecular flexibility index (Phi) is 8.65. The van der Waals surface area contributed by atoms with Crippen LogP contribution in [-0.4, -0.2) is 49.4 Å². The smallest absolute Gasteiger partial charge is 0.251 e. The maximum Gasteiger partial charge on any atom is 0.251 e. The summed E-state index contributed by atoms with van der Waals surface area (Å²) < 4.78 is 0. The van der Waals surface area contributed by atoms with E-state index >= 15 is 0 Å². The van der Waals surface area contributed by atoms with E-state index < -0.39 is 0 Å². The molecule has 6 nitrogen and oxygen atoms in total. The lowest BCUT2D eigenvalue weighted by atomic mass is 10.0. The minimum absolute atomic E-state index is 0. The molecule has 1 saturated heterocycles. The van der Waals surface area contributed by atoms with E-state index in [9.17, 15) is 9.59 Å². The molecule has 0 radical (unpaired) electrons. The van der Waals surface area contributed by atoms with Gasteiger partial charge in [-0.2, -0.15) is 0 Å². The van der Waals surface area contributed by atoms with E-state index in [1.165, 1.54) is 11.1 Å². The molecule has 0 unspecified atom stereocenters. The van der Waals surface area contributed by atoms with Gasteiger partial charge in [0.15, 0.2) is 0 Å². The second-order valence-electron chi connectivity index (χ2n) is 6.28. The number of hydrogen-bond acceptors (Lipinski definition) is 4. The van der Waals surface area contributed by atoms with Gasteiger partial charge in [0, 0.05) is 44.8 Å². The fourth-order valence-electron chi connectivity index (χ4n) is 3.22. The number of fused-ring (bicyclic) bond motifs is 1. The standard InChI is InChI=1S/C17H24N4O2.2ClH/c1-18-16(22)11-21-6-4-15(5-7-21)20-17(23)12-2-3-13-9-19-10-14(13)8-12;;/h2-3,8,15,19H,4-7,9-11H2,1H3,(H,18,22)(H,20,23);2*1H. The largest absolute Gasteiger partial charge is 0.358 e. The third kappa shape index (κ3) is 5.57. The lowest BCUT2D eigenvalue weighted by Crippen LogP contribution is -2.47. The van der Waals surface area contributed by atoms with E-state index in [2.05, 4.69) is 20.9 Å². The molecule has 2 aliphatic rings. The summed E-state index contributed by atoms with van der Waals surface area (Å²) in [7, 11) is 1.65. The number of likely N-dealkylation sites (tertiary alicyclic amines) is 1. The van der Waals surface area contributed by atoms with E-state index in [-0.39, 0.29) is 42.7 Å². The predicted molar refractivity (Wildman–Crippen MR) is 102 cm³/mol. The molecule has 0 saturated carbocycles. The van der Waals surface area contributed by atoms with Crippen LogP contribution in [0.1, 0.15) is 34.3 Å². The van der Waals surface area contributed by atoms with Crippen molar-refractivity contribution in [2.24, 2.45) is 0 Å². The number of carbonyl (C=O) groups excluding carboxylic acids is 2.